The number of hydrogen-bond acceptors (Lipinski definition) is 2. The van der Waals surface area contributed by atoms with E-state index in [4.69, 9.17) is 4.74 Å². The van der Waals surface area contributed by atoms with Crippen LogP contribution < -0.4 is 4.74 Å². The Morgan fingerprint density at radius 2 is 2.07 bits per heavy atom. The van der Waals surface area contributed by atoms with Gasteiger partial charge in [0.2, 0.25) is 0 Å². The molecule has 0 aliphatic rings. The summed E-state index contributed by atoms with van der Waals surface area (Å²) in [6.07, 6.45) is 0.496. The predicted octanol–water partition coefficient (Wildman–Crippen LogP) is 2.50. The Bertz CT molecular complexity index is 337. The van der Waals surface area contributed by atoms with E-state index in [0.717, 1.165) is 12.1 Å². The summed E-state index contributed by atoms with van der Waals surface area (Å²) in [4.78, 5) is 0. The smallest absolute Gasteiger partial charge is 0.167 e. The average molecular weight is 216 g/mol. The summed E-state index contributed by atoms with van der Waals surface area (Å²) in [5.41, 5.74) is -0.999. The predicted molar refractivity (Wildman–Crippen MR) is 52.8 cm³/mol. The van der Waals surface area contributed by atoms with Crippen LogP contribution in [0.3, 0.4) is 0 Å². The third-order valence-corrected chi connectivity index (χ3v) is 2.19. The molecule has 0 amide bonds. The Hall–Kier alpha value is -1.16. The monoisotopic (exact) mass is 216 g/mol. The van der Waals surface area contributed by atoms with Gasteiger partial charge in [-0.2, -0.15) is 0 Å². The van der Waals surface area contributed by atoms with Gasteiger partial charge in [-0.05, 0) is 25.5 Å². The maximum absolute atomic E-state index is 13.1. The summed E-state index contributed by atoms with van der Waals surface area (Å²) < 4.78 is 30.7. The van der Waals surface area contributed by atoms with Crippen LogP contribution in [-0.2, 0) is 0 Å². The Morgan fingerprint density at radius 3 is 2.60 bits per heavy atom. The summed E-state index contributed by atoms with van der Waals surface area (Å²) in [5, 5.41) is 9.61. The normalized spacial score (nSPS) is 14.7. The van der Waals surface area contributed by atoms with Crippen molar-refractivity contribution in [2.75, 3.05) is 6.61 Å². The van der Waals surface area contributed by atoms with Gasteiger partial charge in [-0.15, -0.1) is 0 Å². The van der Waals surface area contributed by atoms with Crippen molar-refractivity contribution in [1.29, 1.82) is 0 Å². The van der Waals surface area contributed by atoms with Crippen LogP contribution in [0, 0.1) is 11.6 Å². The number of aliphatic hydroxyl groups is 1. The largest absolute Gasteiger partial charge is 0.488 e. The van der Waals surface area contributed by atoms with E-state index in [2.05, 4.69) is 0 Å². The molecule has 0 spiro atoms. The van der Waals surface area contributed by atoms with E-state index in [1.165, 1.54) is 6.07 Å². The van der Waals surface area contributed by atoms with Gasteiger partial charge in [0.25, 0.3) is 0 Å². The van der Waals surface area contributed by atoms with Crippen molar-refractivity contribution in [2.45, 2.75) is 25.9 Å². The quantitative estimate of drug-likeness (QED) is 0.837. The van der Waals surface area contributed by atoms with Crippen molar-refractivity contribution in [3.63, 3.8) is 0 Å². The molecule has 15 heavy (non-hydrogen) atoms. The molecule has 0 fully saturated rings. The van der Waals surface area contributed by atoms with E-state index in [0.29, 0.717) is 6.42 Å². The van der Waals surface area contributed by atoms with Crippen LogP contribution >= 0.6 is 0 Å². The molecule has 0 bridgehead atoms. The topological polar surface area (TPSA) is 29.5 Å². The minimum atomic E-state index is -0.999. The van der Waals surface area contributed by atoms with Gasteiger partial charge in [-0.25, -0.2) is 8.78 Å². The zero-order chi connectivity index (χ0) is 11.5. The molecule has 0 aliphatic carbocycles. The minimum Gasteiger partial charge on any atom is -0.488 e. The van der Waals surface area contributed by atoms with E-state index in [1.54, 1.807) is 13.8 Å². The Kier molecular flexibility index (Phi) is 3.63. The maximum Gasteiger partial charge on any atom is 0.167 e. The highest BCUT2D eigenvalue weighted by Gasteiger charge is 2.19. The van der Waals surface area contributed by atoms with E-state index in [-0.39, 0.29) is 12.4 Å². The molecule has 0 saturated carbocycles. The van der Waals surface area contributed by atoms with E-state index >= 15 is 0 Å². The Labute approximate surface area is 87.5 Å². The van der Waals surface area contributed by atoms with E-state index in [9.17, 15) is 13.9 Å². The first-order chi connectivity index (χ1) is 6.94. The van der Waals surface area contributed by atoms with Crippen LogP contribution in [0.1, 0.15) is 20.3 Å². The third-order valence-electron chi connectivity index (χ3n) is 2.19. The highest BCUT2D eigenvalue weighted by Crippen LogP contribution is 2.19. The lowest BCUT2D eigenvalue weighted by atomic mass is 10.1. The molecule has 2 nitrogen and oxygen atoms in total. The number of hydrogen-bond donors (Lipinski definition) is 1. The van der Waals surface area contributed by atoms with Gasteiger partial charge in [0.05, 0.1) is 5.60 Å². The van der Waals surface area contributed by atoms with Crippen LogP contribution in [0.2, 0.25) is 0 Å². The molecule has 1 unspecified atom stereocenters. The molecule has 1 aromatic rings. The van der Waals surface area contributed by atoms with Gasteiger partial charge in [0.1, 0.15) is 12.4 Å². The van der Waals surface area contributed by atoms with Crippen molar-refractivity contribution in [3.8, 4) is 5.75 Å². The van der Waals surface area contributed by atoms with Crippen LogP contribution in [-0.4, -0.2) is 17.3 Å². The fourth-order valence-corrected chi connectivity index (χ4v) is 0.928. The fraction of sp³-hybridized carbons (Fsp3) is 0.455. The number of ether oxygens (including phenoxy) is 1. The molecule has 0 radical (unpaired) electrons. The lowest BCUT2D eigenvalue weighted by molar-refractivity contribution is 0.00731. The Balaban J connectivity index is 2.66. The second-order valence-electron chi connectivity index (χ2n) is 3.71. The highest BCUT2D eigenvalue weighted by molar-refractivity contribution is 5.24. The Morgan fingerprint density at radius 1 is 1.40 bits per heavy atom. The summed E-state index contributed by atoms with van der Waals surface area (Å²) in [7, 11) is 0. The summed E-state index contributed by atoms with van der Waals surface area (Å²) in [6.45, 7) is 3.37. The van der Waals surface area contributed by atoms with Crippen molar-refractivity contribution in [1.82, 2.24) is 0 Å². The molecule has 1 atom stereocenters. The zero-order valence-corrected chi connectivity index (χ0v) is 8.76. The SMILES string of the molecule is CCC(C)(O)COc1ccc(F)cc1F. The fourth-order valence-electron chi connectivity index (χ4n) is 0.928. The minimum absolute atomic E-state index is 0.0218. The zero-order valence-electron chi connectivity index (χ0n) is 8.76. The van der Waals surface area contributed by atoms with Gasteiger partial charge in [0, 0.05) is 6.07 Å². The van der Waals surface area contributed by atoms with Crippen molar-refractivity contribution in [2.24, 2.45) is 0 Å². The van der Waals surface area contributed by atoms with Crippen molar-refractivity contribution in [3.05, 3.63) is 29.8 Å². The highest BCUT2D eigenvalue weighted by atomic mass is 19.1. The molecule has 1 rings (SSSR count). The summed E-state index contributed by atoms with van der Waals surface area (Å²) >= 11 is 0. The molecular formula is C11H14F2O2. The van der Waals surface area contributed by atoms with Gasteiger partial charge >= 0.3 is 0 Å². The van der Waals surface area contributed by atoms with Gasteiger partial charge in [-0.1, -0.05) is 6.92 Å². The molecule has 1 aromatic carbocycles. The van der Waals surface area contributed by atoms with Crippen LogP contribution in [0.25, 0.3) is 0 Å². The van der Waals surface area contributed by atoms with Crippen molar-refractivity contribution >= 4 is 0 Å². The van der Waals surface area contributed by atoms with Gasteiger partial charge in [-0.3, -0.25) is 0 Å². The lowest BCUT2D eigenvalue weighted by Crippen LogP contribution is -2.31. The molecule has 0 aliphatic heterocycles. The first-order valence-electron chi connectivity index (χ1n) is 4.75. The summed E-state index contributed by atoms with van der Waals surface area (Å²) in [5.74, 6) is -1.46. The average Bonchev–Trinajstić information content (AvgIpc) is 2.16. The van der Waals surface area contributed by atoms with Gasteiger partial charge < -0.3 is 9.84 Å². The van der Waals surface area contributed by atoms with Crippen molar-refractivity contribution < 1.29 is 18.6 Å². The molecule has 4 heteroatoms. The second kappa shape index (κ2) is 4.57. The second-order valence-corrected chi connectivity index (χ2v) is 3.71. The molecule has 84 valence electrons. The molecule has 0 saturated heterocycles. The number of benzene rings is 1. The molecule has 0 aromatic heterocycles. The first-order valence-corrected chi connectivity index (χ1v) is 4.75. The lowest BCUT2D eigenvalue weighted by Gasteiger charge is -2.21. The standard InChI is InChI=1S/C11H14F2O2/c1-3-11(2,14)7-15-10-5-4-8(12)6-9(10)13/h4-6,14H,3,7H2,1-2H3. The van der Waals surface area contributed by atoms with E-state index < -0.39 is 17.2 Å². The number of halogens is 2. The summed E-state index contributed by atoms with van der Waals surface area (Å²) in [6, 6.07) is 3.06. The number of rotatable bonds is 4. The molecule has 1 N–H and O–H groups in total. The third kappa shape index (κ3) is 3.47. The molecule has 0 heterocycles. The van der Waals surface area contributed by atoms with Gasteiger partial charge in [0.15, 0.2) is 11.6 Å². The van der Waals surface area contributed by atoms with E-state index in [1.807, 2.05) is 0 Å². The molecular weight excluding hydrogens is 202 g/mol. The van der Waals surface area contributed by atoms with Crippen LogP contribution in [0.5, 0.6) is 5.75 Å². The van der Waals surface area contributed by atoms with Crippen LogP contribution in [0.4, 0.5) is 8.78 Å². The maximum atomic E-state index is 13.1. The first kappa shape index (κ1) is 11.9. The van der Waals surface area contributed by atoms with Crippen LogP contribution in [0.15, 0.2) is 18.2 Å².